The van der Waals surface area contributed by atoms with E-state index >= 15 is 0 Å². The predicted octanol–water partition coefficient (Wildman–Crippen LogP) is 1.23. The molecule has 0 saturated carbocycles. The molecule has 0 spiro atoms. The van der Waals surface area contributed by atoms with Crippen molar-refractivity contribution in [2.75, 3.05) is 7.11 Å². The fourth-order valence-corrected chi connectivity index (χ4v) is 2.99. The van der Waals surface area contributed by atoms with Gasteiger partial charge in [-0.15, -0.1) is 0 Å². The summed E-state index contributed by atoms with van der Waals surface area (Å²) < 4.78 is 5.26. The van der Waals surface area contributed by atoms with Gasteiger partial charge in [-0.1, -0.05) is 6.07 Å². The van der Waals surface area contributed by atoms with Gasteiger partial charge in [0, 0.05) is 12.8 Å². The van der Waals surface area contributed by atoms with Crippen molar-refractivity contribution in [3.63, 3.8) is 0 Å². The molecule has 0 saturated heterocycles. The van der Waals surface area contributed by atoms with Crippen LogP contribution in [0.15, 0.2) is 23.0 Å². The Bertz CT molecular complexity index is 750. The van der Waals surface area contributed by atoms with Gasteiger partial charge in [-0.2, -0.15) is 5.10 Å². The third-order valence-electron chi connectivity index (χ3n) is 4.14. The van der Waals surface area contributed by atoms with Crippen LogP contribution in [-0.4, -0.2) is 28.2 Å². The van der Waals surface area contributed by atoms with Crippen molar-refractivity contribution in [1.82, 2.24) is 20.5 Å². The summed E-state index contributed by atoms with van der Waals surface area (Å²) in [6, 6.07) is 6.04. The van der Waals surface area contributed by atoms with Crippen LogP contribution >= 0.6 is 0 Å². The molecule has 1 unspecified atom stereocenters. The first-order valence-electron chi connectivity index (χ1n) is 7.75. The summed E-state index contributed by atoms with van der Waals surface area (Å²) >= 11 is 0. The maximum Gasteiger partial charge on any atom is 0.340 e. The van der Waals surface area contributed by atoms with Crippen molar-refractivity contribution >= 4 is 5.91 Å². The second kappa shape index (κ2) is 6.68. The molecule has 23 heavy (non-hydrogen) atoms. The summed E-state index contributed by atoms with van der Waals surface area (Å²) in [5.74, 6) is 1.31. The molecule has 1 aromatic carbocycles. The fourth-order valence-electron chi connectivity index (χ4n) is 2.99. The van der Waals surface area contributed by atoms with Gasteiger partial charge in [0.05, 0.1) is 13.2 Å². The molecule has 1 aliphatic rings. The highest BCUT2D eigenvalue weighted by molar-refractivity contribution is 5.76. The lowest BCUT2D eigenvalue weighted by atomic mass is 9.87. The number of methoxy groups -OCH3 is 1. The molecule has 1 heterocycles. The van der Waals surface area contributed by atoms with E-state index in [2.05, 4.69) is 20.5 Å². The van der Waals surface area contributed by atoms with Gasteiger partial charge in [0.1, 0.15) is 11.6 Å². The summed E-state index contributed by atoms with van der Waals surface area (Å²) in [6.45, 7) is 0. The molecule has 0 fully saturated rings. The molecule has 2 aromatic rings. The molecule has 0 aliphatic heterocycles. The van der Waals surface area contributed by atoms with E-state index in [1.807, 2.05) is 18.2 Å². The van der Waals surface area contributed by atoms with Crippen molar-refractivity contribution in [1.29, 1.82) is 0 Å². The number of nitrogens with one attached hydrogen (secondary N) is 3. The van der Waals surface area contributed by atoms with Crippen LogP contribution in [0.4, 0.5) is 0 Å². The maximum atomic E-state index is 12.2. The zero-order valence-corrected chi connectivity index (χ0v) is 13.0. The first kappa shape index (κ1) is 15.3. The average molecular weight is 316 g/mol. The number of rotatable bonds is 5. The fraction of sp³-hybridized carbons (Fsp3) is 0.438. The number of benzene rings is 1. The Morgan fingerprint density at radius 3 is 3.09 bits per heavy atom. The summed E-state index contributed by atoms with van der Waals surface area (Å²) in [5, 5.41) is 9.18. The van der Waals surface area contributed by atoms with Gasteiger partial charge in [0.15, 0.2) is 0 Å². The standard InChI is InChI=1S/C16H20N4O3/c1-23-11-5-6-12-10(9-11)3-2-4-13(12)17-15(21)8-7-14-18-16(22)20-19-14/h5-6,9,13H,2-4,7-8H2,1H3,(H,17,21)(H2,18,19,20,22). The van der Waals surface area contributed by atoms with E-state index in [1.165, 1.54) is 11.1 Å². The largest absolute Gasteiger partial charge is 0.497 e. The quantitative estimate of drug-likeness (QED) is 0.772. The summed E-state index contributed by atoms with van der Waals surface area (Å²) in [5.41, 5.74) is 2.05. The number of H-pyrrole nitrogens is 2. The third kappa shape index (κ3) is 3.61. The van der Waals surface area contributed by atoms with E-state index < -0.39 is 0 Å². The highest BCUT2D eigenvalue weighted by atomic mass is 16.5. The van der Waals surface area contributed by atoms with Crippen LogP contribution in [-0.2, 0) is 17.6 Å². The molecule has 1 aliphatic carbocycles. The monoisotopic (exact) mass is 316 g/mol. The molecule has 0 bridgehead atoms. The smallest absolute Gasteiger partial charge is 0.340 e. The maximum absolute atomic E-state index is 12.2. The molecule has 3 rings (SSSR count). The summed E-state index contributed by atoms with van der Waals surface area (Å²) in [7, 11) is 1.66. The first-order chi connectivity index (χ1) is 11.2. The van der Waals surface area contributed by atoms with E-state index in [0.29, 0.717) is 18.7 Å². The topological polar surface area (TPSA) is 99.9 Å². The number of carbonyl (C=O) groups is 1. The number of aromatic nitrogens is 3. The second-order valence-corrected chi connectivity index (χ2v) is 5.70. The zero-order valence-electron chi connectivity index (χ0n) is 13.0. The minimum atomic E-state index is -0.351. The van der Waals surface area contributed by atoms with Crippen LogP contribution in [0.3, 0.4) is 0 Å². The number of ether oxygens (including phenoxy) is 1. The molecular formula is C16H20N4O3. The lowest BCUT2D eigenvalue weighted by Crippen LogP contribution is -2.31. The predicted molar refractivity (Wildman–Crippen MR) is 84.3 cm³/mol. The van der Waals surface area contributed by atoms with Crippen LogP contribution in [0.2, 0.25) is 0 Å². The van der Waals surface area contributed by atoms with Gasteiger partial charge in [-0.05, 0) is 42.5 Å². The normalized spacial score (nSPS) is 16.7. The van der Waals surface area contributed by atoms with Crippen LogP contribution < -0.4 is 15.7 Å². The average Bonchev–Trinajstić information content (AvgIpc) is 2.98. The molecule has 122 valence electrons. The summed E-state index contributed by atoms with van der Waals surface area (Å²) in [6.07, 6.45) is 3.69. The zero-order chi connectivity index (χ0) is 16.2. The van der Waals surface area contributed by atoms with Crippen molar-refractivity contribution in [3.05, 3.63) is 45.6 Å². The highest BCUT2D eigenvalue weighted by Gasteiger charge is 2.22. The number of nitrogens with zero attached hydrogens (tertiary/aromatic N) is 1. The van der Waals surface area contributed by atoms with Gasteiger partial charge >= 0.3 is 5.69 Å². The van der Waals surface area contributed by atoms with Crippen molar-refractivity contribution < 1.29 is 9.53 Å². The minimum absolute atomic E-state index is 0.0374. The Kier molecular flexibility index (Phi) is 4.45. The number of hydrogen-bond donors (Lipinski definition) is 3. The van der Waals surface area contributed by atoms with Gasteiger partial charge in [0.25, 0.3) is 0 Å². The van der Waals surface area contributed by atoms with E-state index in [0.717, 1.165) is 25.0 Å². The lowest BCUT2D eigenvalue weighted by Gasteiger charge is -2.26. The second-order valence-electron chi connectivity index (χ2n) is 5.70. The SMILES string of the molecule is COc1ccc2c(c1)CCCC2NC(=O)CCc1n[nH]c(=O)[nH]1. The molecule has 0 radical (unpaired) electrons. The Balaban J connectivity index is 1.62. The van der Waals surface area contributed by atoms with Crippen LogP contribution in [0.1, 0.15) is 42.3 Å². The number of carbonyl (C=O) groups excluding carboxylic acids is 1. The number of fused-ring (bicyclic) bond motifs is 1. The summed E-state index contributed by atoms with van der Waals surface area (Å²) in [4.78, 5) is 25.7. The number of aromatic amines is 2. The van der Waals surface area contributed by atoms with Gasteiger partial charge < -0.3 is 10.1 Å². The van der Waals surface area contributed by atoms with E-state index in [-0.39, 0.29) is 17.6 Å². The van der Waals surface area contributed by atoms with E-state index in [1.54, 1.807) is 7.11 Å². The minimum Gasteiger partial charge on any atom is -0.497 e. The third-order valence-corrected chi connectivity index (χ3v) is 4.14. The molecule has 1 aromatic heterocycles. The molecule has 7 heteroatoms. The lowest BCUT2D eigenvalue weighted by molar-refractivity contribution is -0.121. The van der Waals surface area contributed by atoms with Crippen LogP contribution in [0.25, 0.3) is 0 Å². The molecule has 3 N–H and O–H groups in total. The highest BCUT2D eigenvalue weighted by Crippen LogP contribution is 2.32. The van der Waals surface area contributed by atoms with Crippen molar-refractivity contribution in [2.24, 2.45) is 0 Å². The van der Waals surface area contributed by atoms with E-state index in [4.69, 9.17) is 4.74 Å². The Hall–Kier alpha value is -2.57. The van der Waals surface area contributed by atoms with Crippen LogP contribution in [0, 0.1) is 0 Å². The Morgan fingerprint density at radius 1 is 1.48 bits per heavy atom. The van der Waals surface area contributed by atoms with Gasteiger partial charge in [-0.3, -0.25) is 9.78 Å². The van der Waals surface area contributed by atoms with Crippen LogP contribution in [0.5, 0.6) is 5.75 Å². The Morgan fingerprint density at radius 2 is 2.35 bits per heavy atom. The van der Waals surface area contributed by atoms with Gasteiger partial charge in [-0.25, -0.2) is 9.89 Å². The number of hydrogen-bond acceptors (Lipinski definition) is 4. The number of aryl methyl sites for hydroxylation is 2. The van der Waals surface area contributed by atoms with Gasteiger partial charge in [0.2, 0.25) is 5.91 Å². The Labute approximate surface area is 133 Å². The molecule has 1 atom stereocenters. The number of amides is 1. The molecule has 7 nitrogen and oxygen atoms in total. The molecule has 1 amide bonds. The van der Waals surface area contributed by atoms with Crippen molar-refractivity contribution in [3.8, 4) is 5.75 Å². The molecular weight excluding hydrogens is 296 g/mol. The van der Waals surface area contributed by atoms with Crippen molar-refractivity contribution in [2.45, 2.75) is 38.1 Å². The first-order valence-corrected chi connectivity index (χ1v) is 7.75. The van der Waals surface area contributed by atoms with E-state index in [9.17, 15) is 9.59 Å².